The van der Waals surface area contributed by atoms with Crippen LogP contribution in [-0.4, -0.2) is 90.3 Å². The molecule has 0 aromatic heterocycles. The predicted molar refractivity (Wildman–Crippen MR) is 175 cm³/mol. The van der Waals surface area contributed by atoms with Crippen LogP contribution in [0.25, 0.3) is 10.8 Å². The minimum atomic E-state index is -1.10. The number of phenolic OH excluding ortho intramolecular Hbond substituents is 1. The van der Waals surface area contributed by atoms with Crippen molar-refractivity contribution in [3.8, 4) is 5.75 Å². The van der Waals surface area contributed by atoms with Gasteiger partial charge in [-0.05, 0) is 46.9 Å². The minimum absolute atomic E-state index is 0.0377. The van der Waals surface area contributed by atoms with Gasteiger partial charge in [0.25, 0.3) is 0 Å². The molecule has 47 heavy (non-hydrogen) atoms. The van der Waals surface area contributed by atoms with Gasteiger partial charge in [-0.3, -0.25) is 29.4 Å². The van der Waals surface area contributed by atoms with Gasteiger partial charge in [-0.15, -0.1) is 0 Å². The standard InChI is InChI=1S/C33H40N8O6/c1-41-19-29(44)38-25(7-4-14-36-33(34)35)31(46)40-26(17-21-8-11-22-5-2-3-6-23(22)15-21)30(45)37-18-28(43)39-27(32(41)47)16-20-9-12-24(42)13-10-20/h2-3,5-6,8-13,15,25-27,42H,4,7,14,16-19H2,1H3,(H,37,45)(H,38,44)(H,39,43)(H,40,46)(H4,34,35,36)/t25-,26-,27+/m0/s1. The molecule has 1 fully saturated rings. The molecule has 1 aliphatic heterocycles. The van der Waals surface area contributed by atoms with Gasteiger partial charge >= 0.3 is 0 Å². The van der Waals surface area contributed by atoms with E-state index in [0.29, 0.717) is 12.0 Å². The molecule has 5 amide bonds. The van der Waals surface area contributed by atoms with Crippen molar-refractivity contribution < 1.29 is 29.1 Å². The summed E-state index contributed by atoms with van der Waals surface area (Å²) in [6.07, 6.45) is 0.646. The van der Waals surface area contributed by atoms with E-state index in [0.717, 1.165) is 21.2 Å². The molecule has 0 unspecified atom stereocenters. The first kappa shape index (κ1) is 34.2. The van der Waals surface area contributed by atoms with Crippen LogP contribution in [-0.2, 0) is 36.8 Å². The second-order valence-corrected chi connectivity index (χ2v) is 11.5. The molecule has 1 aliphatic rings. The van der Waals surface area contributed by atoms with Gasteiger partial charge < -0.3 is 42.3 Å². The molecule has 3 aromatic rings. The zero-order chi connectivity index (χ0) is 33.9. The second-order valence-electron chi connectivity index (χ2n) is 11.5. The van der Waals surface area contributed by atoms with Crippen LogP contribution in [0.15, 0.2) is 66.7 Å². The van der Waals surface area contributed by atoms with E-state index in [1.807, 2.05) is 42.5 Å². The van der Waals surface area contributed by atoms with Gasteiger partial charge in [0.2, 0.25) is 29.5 Å². The maximum absolute atomic E-state index is 13.6. The number of phenols is 1. The van der Waals surface area contributed by atoms with Gasteiger partial charge in [0, 0.05) is 26.4 Å². The highest BCUT2D eigenvalue weighted by molar-refractivity contribution is 5.96. The fraction of sp³-hybridized carbons (Fsp3) is 0.333. The third-order valence-electron chi connectivity index (χ3n) is 7.71. The molecule has 0 spiro atoms. The average Bonchev–Trinajstić information content (AvgIpc) is 3.04. The maximum atomic E-state index is 13.6. The lowest BCUT2D eigenvalue weighted by atomic mass is 10.0. The average molecular weight is 645 g/mol. The molecular formula is C33H40N8O6. The molecule has 3 aromatic carbocycles. The van der Waals surface area contributed by atoms with Crippen LogP contribution in [0.1, 0.15) is 24.0 Å². The van der Waals surface area contributed by atoms with Crippen molar-refractivity contribution >= 4 is 46.3 Å². The van der Waals surface area contributed by atoms with Gasteiger partial charge in [-0.25, -0.2) is 0 Å². The fourth-order valence-corrected chi connectivity index (χ4v) is 5.28. The molecule has 9 N–H and O–H groups in total. The quantitative estimate of drug-likeness (QED) is 0.0917. The monoisotopic (exact) mass is 644 g/mol. The summed E-state index contributed by atoms with van der Waals surface area (Å²) in [7, 11) is 1.41. The number of carbonyl (C=O) groups is 5. The fourth-order valence-electron chi connectivity index (χ4n) is 5.28. The molecule has 1 heterocycles. The van der Waals surface area contributed by atoms with Crippen LogP contribution in [0.2, 0.25) is 0 Å². The van der Waals surface area contributed by atoms with Crippen LogP contribution in [0.3, 0.4) is 0 Å². The summed E-state index contributed by atoms with van der Waals surface area (Å²) in [5.74, 6) is -3.29. The Morgan fingerprint density at radius 3 is 2.23 bits per heavy atom. The number of nitrogens with zero attached hydrogens (tertiary/aromatic N) is 1. The molecular weight excluding hydrogens is 604 g/mol. The molecule has 0 aliphatic carbocycles. The lowest BCUT2D eigenvalue weighted by molar-refractivity contribution is -0.138. The van der Waals surface area contributed by atoms with Gasteiger partial charge in [-0.1, -0.05) is 54.6 Å². The number of benzene rings is 3. The number of nitrogens with two attached hydrogens (primary N) is 1. The van der Waals surface area contributed by atoms with Crippen molar-refractivity contribution in [1.29, 1.82) is 5.41 Å². The van der Waals surface area contributed by atoms with E-state index in [9.17, 15) is 29.1 Å². The van der Waals surface area contributed by atoms with E-state index in [1.165, 1.54) is 19.2 Å². The Hall–Kier alpha value is -5.66. The van der Waals surface area contributed by atoms with Crippen LogP contribution in [0, 0.1) is 5.41 Å². The Balaban J connectivity index is 1.60. The first-order chi connectivity index (χ1) is 22.5. The van der Waals surface area contributed by atoms with Crippen molar-refractivity contribution in [3.05, 3.63) is 77.9 Å². The summed E-state index contributed by atoms with van der Waals surface area (Å²) in [4.78, 5) is 67.9. The topological polar surface area (TPSA) is 219 Å². The van der Waals surface area contributed by atoms with Crippen LogP contribution in [0.4, 0.5) is 0 Å². The number of amides is 5. The molecule has 0 saturated carbocycles. The van der Waals surface area contributed by atoms with Crippen LogP contribution >= 0.6 is 0 Å². The number of hydrogen-bond acceptors (Lipinski definition) is 7. The van der Waals surface area contributed by atoms with Crippen molar-refractivity contribution in [1.82, 2.24) is 31.5 Å². The van der Waals surface area contributed by atoms with Crippen LogP contribution in [0.5, 0.6) is 5.75 Å². The number of fused-ring (bicyclic) bond motifs is 1. The zero-order valence-electron chi connectivity index (χ0n) is 26.0. The maximum Gasteiger partial charge on any atom is 0.245 e. The summed E-state index contributed by atoms with van der Waals surface area (Å²) < 4.78 is 0. The molecule has 3 atom stereocenters. The van der Waals surface area contributed by atoms with E-state index < -0.39 is 60.8 Å². The van der Waals surface area contributed by atoms with Gasteiger partial charge in [0.15, 0.2) is 5.96 Å². The number of guanidine groups is 1. The van der Waals surface area contributed by atoms with Crippen molar-refractivity contribution in [2.45, 2.75) is 43.8 Å². The number of aromatic hydroxyl groups is 1. The highest BCUT2D eigenvalue weighted by atomic mass is 16.3. The van der Waals surface area contributed by atoms with Crippen LogP contribution < -0.4 is 32.3 Å². The Labute approximate surface area is 272 Å². The number of nitrogens with one attached hydrogen (secondary N) is 6. The highest BCUT2D eigenvalue weighted by Crippen LogP contribution is 2.17. The summed E-state index contributed by atoms with van der Waals surface area (Å²) in [5.41, 5.74) is 6.77. The van der Waals surface area contributed by atoms with Gasteiger partial charge in [-0.2, -0.15) is 0 Å². The first-order valence-electron chi connectivity index (χ1n) is 15.2. The van der Waals surface area contributed by atoms with Crippen molar-refractivity contribution in [3.63, 3.8) is 0 Å². The number of rotatable bonds is 8. The smallest absolute Gasteiger partial charge is 0.245 e. The second kappa shape index (κ2) is 16.1. The molecule has 14 heteroatoms. The van der Waals surface area contributed by atoms with Crippen molar-refractivity contribution in [2.24, 2.45) is 5.73 Å². The normalized spacial score (nSPS) is 19.9. The SMILES string of the molecule is CN1CC(=O)N[C@@H](CCCNC(=N)N)C(=O)N[C@@H](Cc2ccc3ccccc3c2)C(=O)NCC(=O)N[C@H](Cc2ccc(O)cc2)C1=O. The summed E-state index contributed by atoms with van der Waals surface area (Å²) in [6.45, 7) is -0.613. The van der Waals surface area contributed by atoms with E-state index in [4.69, 9.17) is 11.1 Å². The summed E-state index contributed by atoms with van der Waals surface area (Å²) >= 11 is 0. The number of carbonyl (C=O) groups excluding carboxylic acids is 5. The first-order valence-corrected chi connectivity index (χ1v) is 15.2. The predicted octanol–water partition coefficient (Wildman–Crippen LogP) is -0.364. The largest absolute Gasteiger partial charge is 0.508 e. The third kappa shape index (κ3) is 10.2. The van der Waals surface area contributed by atoms with E-state index in [1.54, 1.807) is 12.1 Å². The Morgan fingerprint density at radius 2 is 1.51 bits per heavy atom. The minimum Gasteiger partial charge on any atom is -0.508 e. The number of hydrogen-bond donors (Lipinski definition) is 8. The Bertz CT molecular complexity index is 1630. The molecule has 4 rings (SSSR count). The Kier molecular flexibility index (Phi) is 11.7. The third-order valence-corrected chi connectivity index (χ3v) is 7.71. The summed E-state index contributed by atoms with van der Waals surface area (Å²) in [5, 5.41) is 32.3. The molecule has 0 bridgehead atoms. The Morgan fingerprint density at radius 1 is 0.851 bits per heavy atom. The highest BCUT2D eigenvalue weighted by Gasteiger charge is 2.30. The van der Waals surface area contributed by atoms with E-state index >= 15 is 0 Å². The van der Waals surface area contributed by atoms with Gasteiger partial charge in [0.1, 0.15) is 23.9 Å². The van der Waals surface area contributed by atoms with Gasteiger partial charge in [0.05, 0.1) is 13.1 Å². The zero-order valence-corrected chi connectivity index (χ0v) is 26.0. The molecule has 14 nitrogen and oxygen atoms in total. The van der Waals surface area contributed by atoms with E-state index in [2.05, 4.69) is 26.6 Å². The van der Waals surface area contributed by atoms with Crippen molar-refractivity contribution in [2.75, 3.05) is 26.7 Å². The summed E-state index contributed by atoms with van der Waals surface area (Å²) in [6, 6.07) is 16.3. The molecule has 1 saturated heterocycles. The lowest BCUT2D eigenvalue weighted by Gasteiger charge is -2.25. The number of likely N-dealkylation sites (N-methyl/N-ethyl adjacent to an activating group) is 1. The van der Waals surface area contributed by atoms with E-state index in [-0.39, 0.29) is 37.5 Å². The molecule has 248 valence electrons. The lowest BCUT2D eigenvalue weighted by Crippen LogP contribution is -2.55. The molecule has 0 radical (unpaired) electrons.